The average molecular weight is 366 g/mol. The minimum atomic E-state index is -0.894. The van der Waals surface area contributed by atoms with Gasteiger partial charge in [-0.05, 0) is 54.0 Å². The zero-order valence-electron chi connectivity index (χ0n) is 16.6. The monoisotopic (exact) mass is 366 g/mol. The van der Waals surface area contributed by atoms with Crippen LogP contribution in [0.3, 0.4) is 0 Å². The van der Waals surface area contributed by atoms with Crippen LogP contribution in [-0.2, 0) is 9.47 Å². The lowest BCUT2D eigenvalue weighted by Crippen LogP contribution is -2.43. The van der Waals surface area contributed by atoms with E-state index in [0.29, 0.717) is 10.6 Å². The van der Waals surface area contributed by atoms with Crippen molar-refractivity contribution in [1.82, 2.24) is 10.4 Å². The third-order valence-corrected chi connectivity index (χ3v) is 3.18. The van der Waals surface area contributed by atoms with Crippen LogP contribution in [0.15, 0.2) is 24.3 Å². The number of hydrogen-bond acceptors (Lipinski definition) is 5. The van der Waals surface area contributed by atoms with Gasteiger partial charge in [0, 0.05) is 6.54 Å². The van der Waals surface area contributed by atoms with Gasteiger partial charge in [0.15, 0.2) is 0 Å². The molecular weight excluding hydrogens is 336 g/mol. The summed E-state index contributed by atoms with van der Waals surface area (Å²) in [6.07, 6.45) is -1.53. The van der Waals surface area contributed by atoms with Crippen molar-refractivity contribution < 1.29 is 24.3 Å². The Morgan fingerprint density at radius 2 is 1.54 bits per heavy atom. The molecule has 146 valence electrons. The van der Waals surface area contributed by atoms with Crippen molar-refractivity contribution in [2.75, 3.05) is 6.54 Å². The van der Waals surface area contributed by atoms with Crippen LogP contribution in [0, 0.1) is 6.92 Å². The summed E-state index contributed by atoms with van der Waals surface area (Å²) in [6, 6.07) is 6.46. The van der Waals surface area contributed by atoms with Crippen LogP contribution in [0.4, 0.5) is 9.59 Å². The third-order valence-electron chi connectivity index (χ3n) is 3.18. The largest absolute Gasteiger partial charge is 0.444 e. The highest BCUT2D eigenvalue weighted by Gasteiger charge is 2.29. The average Bonchev–Trinajstić information content (AvgIpc) is 2.45. The highest BCUT2D eigenvalue weighted by molar-refractivity contribution is 5.69. The van der Waals surface area contributed by atoms with Crippen molar-refractivity contribution in [2.24, 2.45) is 0 Å². The molecule has 0 heterocycles. The quantitative estimate of drug-likeness (QED) is 0.616. The number of nitrogens with zero attached hydrogens (tertiary/aromatic N) is 1. The van der Waals surface area contributed by atoms with E-state index in [4.69, 9.17) is 9.47 Å². The molecule has 1 rings (SSSR count). The second-order valence-electron chi connectivity index (χ2n) is 8.13. The van der Waals surface area contributed by atoms with E-state index in [1.807, 2.05) is 19.1 Å². The molecule has 1 atom stereocenters. The van der Waals surface area contributed by atoms with E-state index in [-0.39, 0.29) is 6.54 Å². The number of carbonyl (C=O) groups is 2. The maximum Gasteiger partial charge on any atom is 0.434 e. The van der Waals surface area contributed by atoms with Crippen LogP contribution in [0.25, 0.3) is 0 Å². The molecule has 0 saturated heterocycles. The topological polar surface area (TPSA) is 88.1 Å². The Kier molecular flexibility index (Phi) is 7.03. The van der Waals surface area contributed by atoms with Gasteiger partial charge in [0.1, 0.15) is 17.2 Å². The molecule has 2 N–H and O–H groups in total. The second-order valence-corrected chi connectivity index (χ2v) is 8.13. The maximum absolute atomic E-state index is 12.2. The number of carbonyl (C=O) groups excluding carboxylic acids is 2. The molecule has 0 bridgehead atoms. The van der Waals surface area contributed by atoms with Gasteiger partial charge in [-0.15, -0.1) is 0 Å². The van der Waals surface area contributed by atoms with Gasteiger partial charge < -0.3 is 14.8 Å². The molecule has 0 spiro atoms. The smallest absolute Gasteiger partial charge is 0.434 e. The number of hydroxylamine groups is 2. The number of hydrogen-bond donors (Lipinski definition) is 2. The molecule has 7 heteroatoms. The number of nitrogens with one attached hydrogen (secondary N) is 1. The van der Waals surface area contributed by atoms with Gasteiger partial charge >= 0.3 is 12.2 Å². The van der Waals surface area contributed by atoms with Crippen LogP contribution in [-0.4, -0.2) is 40.2 Å². The van der Waals surface area contributed by atoms with Gasteiger partial charge in [0.05, 0.1) is 0 Å². The molecule has 0 aromatic heterocycles. The number of amides is 2. The summed E-state index contributed by atoms with van der Waals surface area (Å²) < 4.78 is 10.4. The first-order valence-corrected chi connectivity index (χ1v) is 8.53. The molecule has 7 nitrogen and oxygen atoms in total. The minimum absolute atomic E-state index is 0.0340. The Bertz CT molecular complexity index is 614. The Morgan fingerprint density at radius 3 is 2.00 bits per heavy atom. The summed E-state index contributed by atoms with van der Waals surface area (Å²) in [5.41, 5.74) is 0.288. The van der Waals surface area contributed by atoms with Crippen LogP contribution >= 0.6 is 0 Å². The summed E-state index contributed by atoms with van der Waals surface area (Å²) in [7, 11) is 0. The molecular formula is C19H30N2O5. The molecule has 1 aromatic rings. The molecule has 0 fully saturated rings. The molecule has 1 aromatic carbocycles. The van der Waals surface area contributed by atoms with Gasteiger partial charge in [-0.3, -0.25) is 5.21 Å². The predicted molar refractivity (Wildman–Crippen MR) is 98.0 cm³/mol. The van der Waals surface area contributed by atoms with Crippen LogP contribution in [0.2, 0.25) is 0 Å². The summed E-state index contributed by atoms with van der Waals surface area (Å²) in [5.74, 6) is 0. The number of ether oxygens (including phenoxy) is 2. The Balaban J connectivity index is 2.94. The number of rotatable bonds is 4. The summed E-state index contributed by atoms with van der Waals surface area (Å²) in [5, 5.41) is 13.4. The molecule has 0 aliphatic carbocycles. The fourth-order valence-electron chi connectivity index (χ4n) is 2.06. The van der Waals surface area contributed by atoms with Gasteiger partial charge in [0.25, 0.3) is 0 Å². The lowest BCUT2D eigenvalue weighted by atomic mass is 10.0. The maximum atomic E-state index is 12.2. The van der Waals surface area contributed by atoms with E-state index >= 15 is 0 Å². The molecule has 0 aliphatic heterocycles. The van der Waals surface area contributed by atoms with Gasteiger partial charge in [-0.25, -0.2) is 9.59 Å². The first-order chi connectivity index (χ1) is 11.8. The minimum Gasteiger partial charge on any atom is -0.444 e. The van der Waals surface area contributed by atoms with Crippen LogP contribution in [0.1, 0.15) is 58.7 Å². The Morgan fingerprint density at radius 1 is 1.04 bits per heavy atom. The van der Waals surface area contributed by atoms with Crippen LogP contribution < -0.4 is 5.32 Å². The van der Waals surface area contributed by atoms with E-state index in [1.54, 1.807) is 53.7 Å². The second kappa shape index (κ2) is 8.40. The first kappa shape index (κ1) is 21.8. The summed E-state index contributed by atoms with van der Waals surface area (Å²) in [4.78, 5) is 24.1. The highest BCUT2D eigenvalue weighted by Crippen LogP contribution is 2.22. The normalized spacial score (nSPS) is 12.9. The molecule has 26 heavy (non-hydrogen) atoms. The molecule has 0 radical (unpaired) electrons. The Hall–Kier alpha value is -2.28. The number of aryl methyl sites for hydroxylation is 1. The molecule has 0 saturated carbocycles. The van der Waals surface area contributed by atoms with Crippen molar-refractivity contribution in [1.29, 1.82) is 0 Å². The van der Waals surface area contributed by atoms with Crippen molar-refractivity contribution in [3.63, 3.8) is 0 Å². The van der Waals surface area contributed by atoms with E-state index in [9.17, 15) is 14.8 Å². The van der Waals surface area contributed by atoms with Gasteiger partial charge in [-0.1, -0.05) is 29.8 Å². The van der Waals surface area contributed by atoms with Crippen molar-refractivity contribution in [3.05, 3.63) is 35.4 Å². The fourth-order valence-corrected chi connectivity index (χ4v) is 2.06. The van der Waals surface area contributed by atoms with Crippen molar-refractivity contribution >= 4 is 12.2 Å². The molecule has 2 amide bonds. The lowest BCUT2D eigenvalue weighted by Gasteiger charge is -2.29. The number of alkyl carbamates (subject to hydrolysis) is 1. The molecule has 0 aliphatic rings. The van der Waals surface area contributed by atoms with Crippen molar-refractivity contribution in [3.8, 4) is 0 Å². The summed E-state index contributed by atoms with van der Waals surface area (Å²) >= 11 is 0. The zero-order chi connectivity index (χ0) is 20.1. The van der Waals surface area contributed by atoms with E-state index < -0.39 is 29.4 Å². The van der Waals surface area contributed by atoms with Crippen LogP contribution in [0.5, 0.6) is 0 Å². The zero-order valence-corrected chi connectivity index (χ0v) is 16.6. The van der Waals surface area contributed by atoms with E-state index in [1.165, 1.54) is 0 Å². The van der Waals surface area contributed by atoms with Gasteiger partial charge in [-0.2, -0.15) is 5.06 Å². The van der Waals surface area contributed by atoms with E-state index in [0.717, 1.165) is 5.56 Å². The highest BCUT2D eigenvalue weighted by atomic mass is 16.6. The standard InChI is InChI=1S/C19H30N2O5/c1-13-8-10-14(11-9-13)15(12-20-16(22)25-18(2,3)4)21(24)17(23)26-19(5,6)7/h8-11,15,24H,12H2,1-7H3,(H,20,22). The third kappa shape index (κ3) is 7.74. The summed E-state index contributed by atoms with van der Waals surface area (Å²) in [6.45, 7) is 12.3. The number of benzene rings is 1. The predicted octanol–water partition coefficient (Wildman–Crippen LogP) is 4.19. The first-order valence-electron chi connectivity index (χ1n) is 8.53. The van der Waals surface area contributed by atoms with E-state index in [2.05, 4.69) is 5.32 Å². The fraction of sp³-hybridized carbons (Fsp3) is 0.579. The lowest BCUT2D eigenvalue weighted by molar-refractivity contribution is -0.121. The SMILES string of the molecule is Cc1ccc(C(CNC(=O)OC(C)(C)C)N(O)C(=O)OC(C)(C)C)cc1. The van der Waals surface area contributed by atoms with Crippen molar-refractivity contribution in [2.45, 2.75) is 65.7 Å². The van der Waals surface area contributed by atoms with Gasteiger partial charge in [0.2, 0.25) is 0 Å². The Labute approximate surface area is 155 Å². The molecule has 1 unspecified atom stereocenters.